The molecule has 2 fully saturated rings. The first-order valence-electron chi connectivity index (χ1n) is 9.38. The molecular formula is C19H29N3O5. The molecule has 0 aromatic heterocycles. The van der Waals surface area contributed by atoms with Gasteiger partial charge in [0.25, 0.3) is 5.91 Å². The molecule has 8 heteroatoms. The van der Waals surface area contributed by atoms with Crippen molar-refractivity contribution >= 4 is 17.8 Å². The zero-order chi connectivity index (χ0) is 20.0. The summed E-state index contributed by atoms with van der Waals surface area (Å²) in [7, 11) is 1.61. The van der Waals surface area contributed by atoms with Crippen LogP contribution >= 0.6 is 0 Å². The van der Waals surface area contributed by atoms with E-state index in [9.17, 15) is 19.5 Å². The van der Waals surface area contributed by atoms with Crippen molar-refractivity contribution in [2.24, 2.45) is 11.8 Å². The molecule has 2 rings (SSSR count). The van der Waals surface area contributed by atoms with Gasteiger partial charge in [0.15, 0.2) is 0 Å². The van der Waals surface area contributed by atoms with Crippen LogP contribution in [0.4, 0.5) is 0 Å². The minimum absolute atomic E-state index is 0.178. The molecular weight excluding hydrogens is 350 g/mol. The molecule has 0 aromatic rings. The summed E-state index contributed by atoms with van der Waals surface area (Å²) in [6, 6.07) is -0.178. The van der Waals surface area contributed by atoms with E-state index in [0.29, 0.717) is 39.3 Å². The predicted molar refractivity (Wildman–Crippen MR) is 98.8 cm³/mol. The molecule has 27 heavy (non-hydrogen) atoms. The van der Waals surface area contributed by atoms with Crippen molar-refractivity contribution in [2.75, 3.05) is 53.0 Å². The molecule has 0 aliphatic carbocycles. The number of rotatable bonds is 5. The third kappa shape index (κ3) is 5.68. The average molecular weight is 379 g/mol. The fraction of sp³-hybridized carbons (Fsp3) is 0.737. The van der Waals surface area contributed by atoms with E-state index in [1.165, 1.54) is 4.90 Å². The molecule has 0 aromatic carbocycles. The Morgan fingerprint density at radius 2 is 1.89 bits per heavy atom. The number of likely N-dealkylation sites (tertiary alicyclic amines) is 1. The van der Waals surface area contributed by atoms with Gasteiger partial charge in [0.2, 0.25) is 5.91 Å². The smallest absolute Gasteiger partial charge is 0.316 e. The molecule has 2 aliphatic heterocycles. The highest BCUT2D eigenvalue weighted by Crippen LogP contribution is 2.20. The monoisotopic (exact) mass is 379 g/mol. The third-order valence-electron chi connectivity index (χ3n) is 5.15. The lowest BCUT2D eigenvalue weighted by atomic mass is 9.94. The molecule has 0 saturated carbocycles. The lowest BCUT2D eigenvalue weighted by Gasteiger charge is -2.28. The van der Waals surface area contributed by atoms with E-state index >= 15 is 0 Å². The van der Waals surface area contributed by atoms with Gasteiger partial charge < -0.3 is 19.6 Å². The molecule has 2 saturated heterocycles. The number of aliphatic carboxylic acids is 1. The third-order valence-corrected chi connectivity index (χ3v) is 5.15. The second-order valence-corrected chi connectivity index (χ2v) is 7.39. The number of carboxylic acids is 1. The highest BCUT2D eigenvalue weighted by molar-refractivity contribution is 5.97. The first-order chi connectivity index (χ1) is 12.8. The minimum atomic E-state index is -1.11. The van der Waals surface area contributed by atoms with Crippen LogP contribution in [0.1, 0.15) is 20.3 Å². The Kier molecular flexibility index (Phi) is 7.63. The van der Waals surface area contributed by atoms with Crippen LogP contribution in [0, 0.1) is 23.7 Å². The second kappa shape index (κ2) is 9.72. The van der Waals surface area contributed by atoms with Gasteiger partial charge >= 0.3 is 5.97 Å². The Bertz CT molecular complexity index is 619. The maximum atomic E-state index is 12.5. The Labute approximate surface area is 160 Å². The van der Waals surface area contributed by atoms with E-state index in [4.69, 9.17) is 4.74 Å². The fourth-order valence-corrected chi connectivity index (χ4v) is 3.38. The quantitative estimate of drug-likeness (QED) is 0.523. The predicted octanol–water partition coefficient (Wildman–Crippen LogP) is -0.262. The molecule has 2 amide bonds. The molecule has 8 nitrogen and oxygen atoms in total. The summed E-state index contributed by atoms with van der Waals surface area (Å²) < 4.78 is 5.27. The number of carbonyl (C=O) groups excluding carboxylic acids is 2. The van der Waals surface area contributed by atoms with Crippen molar-refractivity contribution in [1.29, 1.82) is 0 Å². The van der Waals surface area contributed by atoms with Crippen LogP contribution in [0.3, 0.4) is 0 Å². The maximum absolute atomic E-state index is 12.5. The molecule has 2 heterocycles. The van der Waals surface area contributed by atoms with E-state index in [0.717, 1.165) is 13.1 Å². The SMILES string of the molecule is CC(C)[C@H](C(=O)O)C(=O)N(C)[C@H]1CCN(C(=O)C#CCN2CCOCC2)C1. The number of amides is 2. The van der Waals surface area contributed by atoms with E-state index in [2.05, 4.69) is 16.7 Å². The normalized spacial score (nSPS) is 21.5. The highest BCUT2D eigenvalue weighted by Gasteiger charge is 2.37. The van der Waals surface area contributed by atoms with Gasteiger partial charge in [0, 0.05) is 33.2 Å². The lowest BCUT2D eigenvalue weighted by molar-refractivity contribution is -0.153. The molecule has 0 unspecified atom stereocenters. The van der Waals surface area contributed by atoms with Crippen molar-refractivity contribution in [2.45, 2.75) is 26.3 Å². The summed E-state index contributed by atoms with van der Waals surface area (Å²) in [6.07, 6.45) is 0.629. The van der Waals surface area contributed by atoms with Crippen LogP contribution < -0.4 is 0 Å². The van der Waals surface area contributed by atoms with E-state index in [-0.39, 0.29) is 17.9 Å². The Hall–Kier alpha value is -2.11. The summed E-state index contributed by atoms with van der Waals surface area (Å²) in [5.74, 6) is 2.48. The van der Waals surface area contributed by atoms with Gasteiger partial charge in [-0.3, -0.25) is 19.3 Å². The molecule has 2 atom stereocenters. The fourth-order valence-electron chi connectivity index (χ4n) is 3.38. The van der Waals surface area contributed by atoms with Crippen LogP contribution in [0.2, 0.25) is 0 Å². The largest absolute Gasteiger partial charge is 0.481 e. The summed E-state index contributed by atoms with van der Waals surface area (Å²) in [4.78, 5) is 41.5. The molecule has 0 bridgehead atoms. The first kappa shape index (κ1) is 21.2. The molecule has 0 radical (unpaired) electrons. The van der Waals surface area contributed by atoms with Crippen LogP contribution in [0.15, 0.2) is 0 Å². The minimum Gasteiger partial charge on any atom is -0.481 e. The molecule has 2 aliphatic rings. The van der Waals surface area contributed by atoms with Crippen LogP contribution in [-0.4, -0.2) is 96.6 Å². The van der Waals surface area contributed by atoms with Crippen molar-refractivity contribution in [1.82, 2.24) is 14.7 Å². The summed E-state index contributed by atoms with van der Waals surface area (Å²) in [5, 5.41) is 9.31. The van der Waals surface area contributed by atoms with Crippen molar-refractivity contribution in [3.63, 3.8) is 0 Å². The lowest BCUT2D eigenvalue weighted by Crippen LogP contribution is -2.46. The van der Waals surface area contributed by atoms with Gasteiger partial charge in [-0.1, -0.05) is 19.8 Å². The zero-order valence-electron chi connectivity index (χ0n) is 16.3. The van der Waals surface area contributed by atoms with Gasteiger partial charge in [-0.2, -0.15) is 0 Å². The van der Waals surface area contributed by atoms with E-state index < -0.39 is 17.8 Å². The molecule has 0 spiro atoms. The van der Waals surface area contributed by atoms with Crippen LogP contribution in [0.5, 0.6) is 0 Å². The molecule has 1 N–H and O–H groups in total. The first-order valence-corrected chi connectivity index (χ1v) is 9.38. The number of morpholine rings is 1. The maximum Gasteiger partial charge on any atom is 0.316 e. The number of hydrogen-bond donors (Lipinski definition) is 1. The van der Waals surface area contributed by atoms with Gasteiger partial charge in [-0.05, 0) is 18.3 Å². The van der Waals surface area contributed by atoms with Crippen LogP contribution in [0.25, 0.3) is 0 Å². The van der Waals surface area contributed by atoms with Gasteiger partial charge in [0.05, 0.1) is 25.8 Å². The van der Waals surface area contributed by atoms with E-state index in [1.807, 2.05) is 0 Å². The van der Waals surface area contributed by atoms with Crippen molar-refractivity contribution in [3.05, 3.63) is 0 Å². The number of carboxylic acid groups (broad SMARTS) is 1. The second-order valence-electron chi connectivity index (χ2n) is 7.39. The summed E-state index contributed by atoms with van der Waals surface area (Å²) >= 11 is 0. The number of likely N-dealkylation sites (N-methyl/N-ethyl adjacent to an activating group) is 1. The zero-order valence-corrected chi connectivity index (χ0v) is 16.3. The van der Waals surface area contributed by atoms with Gasteiger partial charge in [0.1, 0.15) is 5.92 Å². The summed E-state index contributed by atoms with van der Waals surface area (Å²) in [5.41, 5.74) is 0. The highest BCUT2D eigenvalue weighted by atomic mass is 16.5. The van der Waals surface area contributed by atoms with Crippen LogP contribution in [-0.2, 0) is 19.1 Å². The number of nitrogens with zero attached hydrogens (tertiary/aromatic N) is 3. The topological polar surface area (TPSA) is 90.4 Å². The van der Waals surface area contributed by atoms with Gasteiger partial charge in [-0.15, -0.1) is 0 Å². The Morgan fingerprint density at radius 1 is 1.22 bits per heavy atom. The van der Waals surface area contributed by atoms with Gasteiger partial charge in [-0.25, -0.2) is 0 Å². The molecule has 150 valence electrons. The number of carbonyl (C=O) groups is 3. The standard InChI is InChI=1S/C19H29N3O5/c1-14(2)17(19(25)26)18(24)20(3)15-6-8-22(13-15)16(23)5-4-7-21-9-11-27-12-10-21/h14-15,17H,6-13H2,1-3H3,(H,25,26)/t15-,17-/m0/s1. The Morgan fingerprint density at radius 3 is 2.48 bits per heavy atom. The number of ether oxygens (including phenoxy) is 1. The number of hydrogen-bond acceptors (Lipinski definition) is 5. The Balaban J connectivity index is 1.87. The van der Waals surface area contributed by atoms with Crippen molar-refractivity contribution in [3.8, 4) is 11.8 Å². The van der Waals surface area contributed by atoms with Crippen molar-refractivity contribution < 1.29 is 24.2 Å². The average Bonchev–Trinajstić information content (AvgIpc) is 3.11. The van der Waals surface area contributed by atoms with E-state index in [1.54, 1.807) is 25.8 Å². The summed E-state index contributed by atoms with van der Waals surface area (Å²) in [6.45, 7) is 7.92.